The number of amides is 1. The summed E-state index contributed by atoms with van der Waals surface area (Å²) in [6.07, 6.45) is -4.51. The second-order valence-corrected chi connectivity index (χ2v) is 10.6. The standard InChI is InChI=1S/C28H30F4N4O3S/c1-19(20-9-11-25(24(29)16-20)34(2)40(38)39)27(37)33-18-21-8-10-22(28(30,31)32)17-26(21)36-14-12-35(13-15-36)23-6-4-3-5-7-23/h3-11,16-17,19,40H,12-15,18H2,1-2H3,(H,33,37). The molecule has 214 valence electrons. The zero-order chi connectivity index (χ0) is 29.0. The first kappa shape index (κ1) is 29.2. The quantitative estimate of drug-likeness (QED) is 0.303. The van der Waals surface area contributed by atoms with Crippen molar-refractivity contribution in [1.29, 1.82) is 0 Å². The highest BCUT2D eigenvalue weighted by Gasteiger charge is 2.32. The summed E-state index contributed by atoms with van der Waals surface area (Å²) in [5.41, 5.74) is 1.40. The molecule has 1 atom stereocenters. The van der Waals surface area contributed by atoms with E-state index in [1.807, 2.05) is 35.2 Å². The van der Waals surface area contributed by atoms with Gasteiger partial charge in [-0.05, 0) is 54.4 Å². The number of hydrogen-bond acceptors (Lipinski definition) is 5. The van der Waals surface area contributed by atoms with E-state index in [4.69, 9.17) is 0 Å². The van der Waals surface area contributed by atoms with Gasteiger partial charge in [0.15, 0.2) is 0 Å². The predicted molar refractivity (Wildman–Crippen MR) is 148 cm³/mol. The molecule has 4 rings (SSSR count). The third-order valence-corrected chi connectivity index (χ3v) is 7.77. The number of thiol groups is 1. The molecule has 0 aromatic heterocycles. The molecule has 12 heteroatoms. The van der Waals surface area contributed by atoms with Crippen LogP contribution in [0.25, 0.3) is 0 Å². The van der Waals surface area contributed by atoms with E-state index in [1.54, 1.807) is 6.92 Å². The monoisotopic (exact) mass is 578 g/mol. The van der Waals surface area contributed by atoms with Crippen LogP contribution < -0.4 is 19.4 Å². The van der Waals surface area contributed by atoms with Gasteiger partial charge in [0.25, 0.3) is 0 Å². The Kier molecular flexibility index (Phi) is 8.87. The maximum Gasteiger partial charge on any atom is 0.416 e. The first-order chi connectivity index (χ1) is 19.0. The van der Waals surface area contributed by atoms with Crippen LogP contribution in [0, 0.1) is 5.82 Å². The number of halogens is 4. The zero-order valence-electron chi connectivity index (χ0n) is 22.0. The number of carbonyl (C=O) groups is 1. The van der Waals surface area contributed by atoms with Gasteiger partial charge in [-0.2, -0.15) is 13.2 Å². The molecule has 1 N–H and O–H groups in total. The maximum atomic E-state index is 14.5. The molecule has 0 aliphatic carbocycles. The van der Waals surface area contributed by atoms with Gasteiger partial charge in [0, 0.05) is 51.1 Å². The van der Waals surface area contributed by atoms with Gasteiger partial charge in [-0.3, -0.25) is 9.10 Å². The van der Waals surface area contributed by atoms with E-state index in [1.165, 1.54) is 25.2 Å². The summed E-state index contributed by atoms with van der Waals surface area (Å²) >= 11 is 0. The molecule has 1 unspecified atom stereocenters. The minimum atomic E-state index is -4.51. The summed E-state index contributed by atoms with van der Waals surface area (Å²) in [7, 11) is -1.81. The van der Waals surface area contributed by atoms with Crippen LogP contribution in [0.2, 0.25) is 0 Å². The lowest BCUT2D eigenvalue weighted by Gasteiger charge is -2.38. The molecular formula is C28H30F4N4O3S. The number of nitrogens with zero attached hydrogens (tertiary/aromatic N) is 3. The number of nitrogens with one attached hydrogen (secondary N) is 1. The minimum Gasteiger partial charge on any atom is -0.368 e. The Morgan fingerprint density at radius 3 is 2.23 bits per heavy atom. The van der Waals surface area contributed by atoms with Crippen LogP contribution in [0.3, 0.4) is 0 Å². The number of rotatable bonds is 8. The van der Waals surface area contributed by atoms with Crippen molar-refractivity contribution in [3.8, 4) is 0 Å². The summed E-state index contributed by atoms with van der Waals surface area (Å²) in [6, 6.07) is 17.1. The van der Waals surface area contributed by atoms with Gasteiger partial charge in [-0.1, -0.05) is 30.3 Å². The zero-order valence-corrected chi connectivity index (χ0v) is 22.9. The Bertz CT molecular complexity index is 1420. The highest BCUT2D eigenvalue weighted by Crippen LogP contribution is 2.34. The molecule has 1 saturated heterocycles. The van der Waals surface area contributed by atoms with Crippen LogP contribution in [-0.4, -0.2) is 47.6 Å². The molecule has 3 aromatic rings. The van der Waals surface area contributed by atoms with Gasteiger partial charge in [0.05, 0.1) is 17.2 Å². The van der Waals surface area contributed by atoms with Crippen molar-refractivity contribution in [3.05, 3.63) is 89.2 Å². The van der Waals surface area contributed by atoms with Gasteiger partial charge < -0.3 is 15.1 Å². The molecule has 1 amide bonds. The number of anilines is 3. The lowest BCUT2D eigenvalue weighted by atomic mass is 9.99. The lowest BCUT2D eigenvalue weighted by molar-refractivity contribution is -0.137. The third kappa shape index (κ3) is 6.67. The highest BCUT2D eigenvalue weighted by atomic mass is 32.2. The van der Waals surface area contributed by atoms with Gasteiger partial charge in [0.2, 0.25) is 16.8 Å². The largest absolute Gasteiger partial charge is 0.416 e. The van der Waals surface area contributed by atoms with Gasteiger partial charge in [-0.25, -0.2) is 12.8 Å². The summed E-state index contributed by atoms with van der Waals surface area (Å²) in [5, 5.41) is 2.76. The van der Waals surface area contributed by atoms with E-state index < -0.39 is 40.3 Å². The van der Waals surface area contributed by atoms with Crippen LogP contribution in [0.5, 0.6) is 0 Å². The van der Waals surface area contributed by atoms with Crippen molar-refractivity contribution in [1.82, 2.24) is 5.32 Å². The summed E-state index contributed by atoms with van der Waals surface area (Å²) < 4.78 is 78.3. The third-order valence-electron chi connectivity index (χ3n) is 7.07. The smallest absolute Gasteiger partial charge is 0.368 e. The normalized spacial score (nSPS) is 14.8. The van der Waals surface area contributed by atoms with E-state index in [2.05, 4.69) is 10.2 Å². The number of para-hydroxylation sites is 1. The van der Waals surface area contributed by atoms with Gasteiger partial charge in [0.1, 0.15) is 5.82 Å². The molecule has 0 bridgehead atoms. The van der Waals surface area contributed by atoms with Gasteiger partial charge in [-0.15, -0.1) is 0 Å². The molecule has 0 spiro atoms. The second-order valence-electron chi connectivity index (χ2n) is 9.56. The Hall–Kier alpha value is -3.80. The Morgan fingerprint density at radius 2 is 1.62 bits per heavy atom. The number of benzene rings is 3. The molecule has 0 saturated carbocycles. The Morgan fingerprint density at radius 1 is 0.975 bits per heavy atom. The summed E-state index contributed by atoms with van der Waals surface area (Å²) in [4.78, 5) is 17.0. The van der Waals surface area contributed by atoms with E-state index in [0.29, 0.717) is 43.0 Å². The van der Waals surface area contributed by atoms with Crippen LogP contribution in [0.15, 0.2) is 66.7 Å². The molecule has 1 aliphatic heterocycles. The van der Waals surface area contributed by atoms with E-state index in [-0.39, 0.29) is 12.2 Å². The summed E-state index contributed by atoms with van der Waals surface area (Å²) in [6.45, 7) is 3.81. The molecule has 40 heavy (non-hydrogen) atoms. The fourth-order valence-corrected chi connectivity index (χ4v) is 5.00. The number of alkyl halides is 3. The number of piperazine rings is 1. The first-order valence-corrected chi connectivity index (χ1v) is 13.8. The van der Waals surface area contributed by atoms with Crippen LogP contribution in [0.4, 0.5) is 34.6 Å². The molecule has 3 aromatic carbocycles. The molecule has 0 radical (unpaired) electrons. The average molecular weight is 579 g/mol. The van der Waals surface area contributed by atoms with Crippen LogP contribution in [-0.2, 0) is 28.4 Å². The van der Waals surface area contributed by atoms with Crippen molar-refractivity contribution in [2.24, 2.45) is 0 Å². The second kappa shape index (κ2) is 12.2. The maximum absolute atomic E-state index is 14.5. The van der Waals surface area contributed by atoms with Crippen molar-refractivity contribution in [2.75, 3.05) is 47.3 Å². The fraction of sp³-hybridized carbons (Fsp3) is 0.321. The predicted octanol–water partition coefficient (Wildman–Crippen LogP) is 4.55. The molecule has 7 nitrogen and oxygen atoms in total. The Balaban J connectivity index is 1.49. The van der Waals surface area contributed by atoms with E-state index in [0.717, 1.165) is 28.2 Å². The molecule has 1 fully saturated rings. The fourth-order valence-electron chi connectivity index (χ4n) is 4.66. The molecular weight excluding hydrogens is 548 g/mol. The van der Waals surface area contributed by atoms with Crippen LogP contribution in [0.1, 0.15) is 29.5 Å². The Labute approximate surface area is 232 Å². The van der Waals surface area contributed by atoms with Gasteiger partial charge >= 0.3 is 6.18 Å². The SMILES string of the molecule is CC(C(=O)NCc1ccc(C(F)(F)F)cc1N1CCN(c2ccccc2)CC1)c1ccc(N(C)[SH](=O)=O)c(F)c1. The molecule has 1 aliphatic rings. The van der Waals surface area contributed by atoms with Crippen molar-refractivity contribution < 1.29 is 30.8 Å². The van der Waals surface area contributed by atoms with Crippen molar-refractivity contribution in [3.63, 3.8) is 0 Å². The summed E-state index contributed by atoms with van der Waals surface area (Å²) in [5.74, 6) is -2.03. The van der Waals surface area contributed by atoms with Crippen molar-refractivity contribution >= 4 is 33.9 Å². The lowest BCUT2D eigenvalue weighted by Crippen LogP contribution is -2.47. The first-order valence-electron chi connectivity index (χ1n) is 12.7. The number of hydrogen-bond donors (Lipinski definition) is 2. The number of carbonyl (C=O) groups excluding carboxylic acids is 1. The van der Waals surface area contributed by atoms with Crippen LogP contribution >= 0.6 is 0 Å². The average Bonchev–Trinajstić information content (AvgIpc) is 2.95. The molecule has 1 heterocycles. The van der Waals surface area contributed by atoms with E-state index in [9.17, 15) is 30.8 Å². The van der Waals surface area contributed by atoms with Crippen molar-refractivity contribution in [2.45, 2.75) is 25.6 Å². The topological polar surface area (TPSA) is 73.0 Å². The highest BCUT2D eigenvalue weighted by molar-refractivity contribution is 7.74. The van der Waals surface area contributed by atoms with E-state index >= 15 is 0 Å². The minimum absolute atomic E-state index is 0.0183.